The molecule has 0 unspecified atom stereocenters. The highest BCUT2D eigenvalue weighted by atomic mass is 32.1. The summed E-state index contributed by atoms with van der Waals surface area (Å²) in [6, 6.07) is 3.65. The largest absolute Gasteiger partial charge is 0.465 e. The number of nitrogens with one attached hydrogen (secondary N) is 1. The monoisotopic (exact) mass is 238 g/mol. The number of nitrogens with zero attached hydrogens (tertiary/aromatic N) is 2. The summed E-state index contributed by atoms with van der Waals surface area (Å²) in [6.45, 7) is 2.17. The summed E-state index contributed by atoms with van der Waals surface area (Å²) in [7, 11) is 0. The molecule has 16 heavy (non-hydrogen) atoms. The van der Waals surface area contributed by atoms with Gasteiger partial charge in [-0.3, -0.25) is 4.79 Å². The maximum atomic E-state index is 11.5. The van der Waals surface area contributed by atoms with Gasteiger partial charge in [0, 0.05) is 0 Å². The zero-order valence-corrected chi connectivity index (χ0v) is 9.37. The van der Waals surface area contributed by atoms with E-state index in [0.29, 0.717) is 12.3 Å². The lowest BCUT2D eigenvalue weighted by atomic mass is 10.4. The predicted octanol–water partition coefficient (Wildman–Crippen LogP) is 0.952. The number of nitrogen functional groups attached to an aromatic ring is 1. The van der Waals surface area contributed by atoms with Crippen LogP contribution in [0.2, 0.25) is 0 Å². The van der Waals surface area contributed by atoms with Gasteiger partial charge >= 0.3 is 0 Å². The second-order valence-electron chi connectivity index (χ2n) is 3.14. The van der Waals surface area contributed by atoms with Crippen molar-refractivity contribution in [2.45, 2.75) is 13.5 Å². The highest BCUT2D eigenvalue weighted by Crippen LogP contribution is 2.11. The molecule has 0 saturated heterocycles. The Labute approximate surface area is 95.5 Å². The zero-order valence-electron chi connectivity index (χ0n) is 8.56. The minimum atomic E-state index is -0.303. The Kier molecular flexibility index (Phi) is 2.86. The fraction of sp³-hybridized carbons (Fsp3) is 0.222. The maximum absolute atomic E-state index is 11.5. The Balaban J connectivity index is 1.93. The fourth-order valence-electron chi connectivity index (χ4n) is 1.15. The summed E-state index contributed by atoms with van der Waals surface area (Å²) in [5, 5.41) is 10.4. The Morgan fingerprint density at radius 1 is 1.56 bits per heavy atom. The summed E-state index contributed by atoms with van der Waals surface area (Å²) in [6.07, 6.45) is 0. The second kappa shape index (κ2) is 4.31. The van der Waals surface area contributed by atoms with E-state index in [0.717, 1.165) is 17.1 Å². The van der Waals surface area contributed by atoms with Crippen LogP contribution in [0.15, 0.2) is 16.5 Å². The molecule has 7 heteroatoms. The third-order valence-electron chi connectivity index (χ3n) is 1.85. The number of rotatable bonds is 3. The SMILES string of the molecule is Cc1ccc(CNC(=O)c2nnc(N)s2)o1. The lowest BCUT2D eigenvalue weighted by molar-refractivity contribution is 0.0947. The van der Waals surface area contributed by atoms with Crippen LogP contribution >= 0.6 is 11.3 Å². The summed E-state index contributed by atoms with van der Waals surface area (Å²) in [4.78, 5) is 11.5. The number of carbonyl (C=O) groups is 1. The van der Waals surface area contributed by atoms with Crippen molar-refractivity contribution in [3.63, 3.8) is 0 Å². The molecule has 0 aliphatic heterocycles. The molecule has 2 aromatic heterocycles. The van der Waals surface area contributed by atoms with Crippen molar-refractivity contribution in [2.24, 2.45) is 0 Å². The number of hydrogen-bond acceptors (Lipinski definition) is 6. The molecule has 0 aliphatic rings. The summed E-state index contributed by atoms with van der Waals surface area (Å²) in [5.41, 5.74) is 5.37. The molecule has 0 aliphatic carbocycles. The molecule has 0 bridgehead atoms. The number of aryl methyl sites for hydroxylation is 1. The van der Waals surface area contributed by atoms with Gasteiger partial charge in [0.05, 0.1) is 6.54 Å². The fourth-order valence-corrected chi connectivity index (χ4v) is 1.68. The minimum Gasteiger partial charge on any atom is -0.465 e. The number of furan rings is 1. The van der Waals surface area contributed by atoms with Crippen LogP contribution in [-0.4, -0.2) is 16.1 Å². The molecule has 0 atom stereocenters. The van der Waals surface area contributed by atoms with E-state index in [1.165, 1.54) is 0 Å². The van der Waals surface area contributed by atoms with Gasteiger partial charge in [-0.2, -0.15) is 0 Å². The van der Waals surface area contributed by atoms with E-state index in [9.17, 15) is 4.79 Å². The molecule has 2 aromatic rings. The van der Waals surface area contributed by atoms with E-state index in [1.54, 1.807) is 0 Å². The van der Waals surface area contributed by atoms with E-state index >= 15 is 0 Å². The van der Waals surface area contributed by atoms with Crippen molar-refractivity contribution in [3.8, 4) is 0 Å². The van der Waals surface area contributed by atoms with Crippen LogP contribution in [-0.2, 0) is 6.54 Å². The van der Waals surface area contributed by atoms with E-state index < -0.39 is 0 Å². The van der Waals surface area contributed by atoms with Crippen LogP contribution in [0, 0.1) is 6.92 Å². The molecular formula is C9H10N4O2S. The average molecular weight is 238 g/mol. The number of anilines is 1. The van der Waals surface area contributed by atoms with Crippen LogP contribution in [0.3, 0.4) is 0 Å². The lowest BCUT2D eigenvalue weighted by Crippen LogP contribution is -2.22. The first-order chi connectivity index (χ1) is 7.65. The van der Waals surface area contributed by atoms with Gasteiger partial charge in [-0.05, 0) is 19.1 Å². The van der Waals surface area contributed by atoms with E-state index in [2.05, 4.69) is 15.5 Å². The van der Waals surface area contributed by atoms with Gasteiger partial charge in [0.15, 0.2) is 0 Å². The number of aromatic nitrogens is 2. The summed E-state index contributed by atoms with van der Waals surface area (Å²) < 4.78 is 5.30. The van der Waals surface area contributed by atoms with Gasteiger partial charge in [-0.25, -0.2) is 0 Å². The molecule has 0 spiro atoms. The van der Waals surface area contributed by atoms with Gasteiger partial charge in [0.1, 0.15) is 11.5 Å². The second-order valence-corrected chi connectivity index (χ2v) is 4.15. The Morgan fingerprint density at radius 3 is 2.94 bits per heavy atom. The van der Waals surface area contributed by atoms with Gasteiger partial charge < -0.3 is 15.5 Å². The maximum Gasteiger partial charge on any atom is 0.282 e. The zero-order chi connectivity index (χ0) is 11.5. The first-order valence-corrected chi connectivity index (χ1v) is 5.39. The molecule has 3 N–H and O–H groups in total. The number of carbonyl (C=O) groups excluding carboxylic acids is 1. The standard InChI is InChI=1S/C9H10N4O2S/c1-5-2-3-6(15-5)4-11-7(14)8-12-13-9(10)16-8/h2-3H,4H2,1H3,(H2,10,13)(H,11,14). The van der Waals surface area contributed by atoms with Crippen molar-refractivity contribution in [2.75, 3.05) is 5.73 Å². The van der Waals surface area contributed by atoms with E-state index in [4.69, 9.17) is 10.2 Å². The van der Waals surface area contributed by atoms with Crippen LogP contribution in [0.25, 0.3) is 0 Å². The molecule has 1 amide bonds. The van der Waals surface area contributed by atoms with Gasteiger partial charge in [0.25, 0.3) is 5.91 Å². The molecule has 0 fully saturated rings. The number of amides is 1. The molecule has 0 radical (unpaired) electrons. The van der Waals surface area contributed by atoms with E-state index in [1.807, 2.05) is 19.1 Å². The topological polar surface area (TPSA) is 94.0 Å². The first-order valence-electron chi connectivity index (χ1n) is 4.57. The van der Waals surface area contributed by atoms with Crippen LogP contribution in [0.1, 0.15) is 21.3 Å². The Hall–Kier alpha value is -1.89. The van der Waals surface area contributed by atoms with Crippen molar-refractivity contribution in [3.05, 3.63) is 28.7 Å². The van der Waals surface area contributed by atoms with Crippen LogP contribution < -0.4 is 11.1 Å². The highest BCUT2D eigenvalue weighted by molar-refractivity contribution is 7.16. The van der Waals surface area contributed by atoms with Crippen molar-refractivity contribution in [1.29, 1.82) is 0 Å². The molecule has 6 nitrogen and oxygen atoms in total. The van der Waals surface area contributed by atoms with E-state index in [-0.39, 0.29) is 16.0 Å². The van der Waals surface area contributed by atoms with Crippen molar-refractivity contribution >= 4 is 22.4 Å². The lowest BCUT2D eigenvalue weighted by Gasteiger charge is -1.98. The molecule has 0 saturated carbocycles. The Morgan fingerprint density at radius 2 is 2.38 bits per heavy atom. The third kappa shape index (κ3) is 2.37. The van der Waals surface area contributed by atoms with Crippen molar-refractivity contribution < 1.29 is 9.21 Å². The quantitative estimate of drug-likeness (QED) is 0.830. The molecule has 2 heterocycles. The number of nitrogens with two attached hydrogens (primary N) is 1. The van der Waals surface area contributed by atoms with Crippen molar-refractivity contribution in [1.82, 2.24) is 15.5 Å². The first kappa shape index (κ1) is 10.6. The average Bonchev–Trinajstić information content (AvgIpc) is 2.84. The molecule has 0 aromatic carbocycles. The summed E-state index contributed by atoms with van der Waals surface area (Å²) in [5.74, 6) is 1.20. The normalized spacial score (nSPS) is 10.3. The number of hydrogen-bond donors (Lipinski definition) is 2. The van der Waals surface area contributed by atoms with Crippen LogP contribution in [0.5, 0.6) is 0 Å². The van der Waals surface area contributed by atoms with Crippen LogP contribution in [0.4, 0.5) is 5.13 Å². The Bertz CT molecular complexity index is 505. The highest BCUT2D eigenvalue weighted by Gasteiger charge is 2.11. The molecule has 84 valence electrons. The third-order valence-corrected chi connectivity index (χ3v) is 2.61. The summed E-state index contributed by atoms with van der Waals surface area (Å²) >= 11 is 1.05. The molecule has 2 rings (SSSR count). The predicted molar refractivity (Wildman–Crippen MR) is 58.9 cm³/mol. The minimum absolute atomic E-state index is 0.251. The van der Waals surface area contributed by atoms with Gasteiger partial charge in [-0.15, -0.1) is 10.2 Å². The smallest absolute Gasteiger partial charge is 0.282 e. The van der Waals surface area contributed by atoms with Gasteiger partial charge in [-0.1, -0.05) is 11.3 Å². The molecular weight excluding hydrogens is 228 g/mol. The van der Waals surface area contributed by atoms with Gasteiger partial charge in [0.2, 0.25) is 10.1 Å².